The van der Waals surface area contributed by atoms with Crippen molar-refractivity contribution in [3.8, 4) is 0 Å². The van der Waals surface area contributed by atoms with Gasteiger partial charge in [-0.25, -0.2) is 4.79 Å². The van der Waals surface area contributed by atoms with E-state index in [0.29, 0.717) is 0 Å². The van der Waals surface area contributed by atoms with Crippen molar-refractivity contribution in [2.75, 3.05) is 0 Å². The lowest BCUT2D eigenvalue weighted by Gasteiger charge is -1.89. The topological polar surface area (TPSA) is 152 Å². The van der Waals surface area contributed by atoms with Gasteiger partial charge in [0.2, 0.25) is 0 Å². The number of rotatable bonds is 3. The first-order valence-electron chi connectivity index (χ1n) is 3.05. The quantitative estimate of drug-likeness (QED) is 0.513. The van der Waals surface area contributed by atoms with Gasteiger partial charge in [-0.05, 0) is 4.92 Å². The summed E-state index contributed by atoms with van der Waals surface area (Å²) in [5.74, 6) is -2.76. The van der Waals surface area contributed by atoms with E-state index < -0.39 is 33.0 Å². The second kappa shape index (κ2) is 3.08. The average molecular weight is 202 g/mol. The second-order valence-corrected chi connectivity index (χ2v) is 2.09. The SMILES string of the molecule is O=C(O)c1n[nH]c([N+](=O)[O-])c1[N+](=O)[O-]. The van der Waals surface area contributed by atoms with Crippen molar-refractivity contribution < 1.29 is 19.7 Å². The van der Waals surface area contributed by atoms with E-state index in [1.165, 1.54) is 0 Å². The molecule has 0 aliphatic heterocycles. The van der Waals surface area contributed by atoms with Crippen molar-refractivity contribution in [1.29, 1.82) is 0 Å². The number of nitro groups is 2. The van der Waals surface area contributed by atoms with E-state index in [1.807, 2.05) is 0 Å². The molecule has 0 bridgehead atoms. The first-order valence-corrected chi connectivity index (χ1v) is 3.05. The highest BCUT2D eigenvalue weighted by molar-refractivity contribution is 5.91. The van der Waals surface area contributed by atoms with Crippen molar-refractivity contribution in [2.45, 2.75) is 0 Å². The van der Waals surface area contributed by atoms with Gasteiger partial charge in [-0.1, -0.05) is 5.10 Å². The minimum atomic E-state index is -1.71. The molecule has 0 radical (unpaired) electrons. The fourth-order valence-electron chi connectivity index (χ4n) is 0.776. The lowest BCUT2D eigenvalue weighted by atomic mass is 10.3. The normalized spacial score (nSPS) is 9.71. The summed E-state index contributed by atoms with van der Waals surface area (Å²) in [6.07, 6.45) is 0. The molecule has 0 fully saturated rings. The summed E-state index contributed by atoms with van der Waals surface area (Å²) in [4.78, 5) is 28.6. The summed E-state index contributed by atoms with van der Waals surface area (Å²) in [6.45, 7) is 0. The molecule has 10 heteroatoms. The molecule has 2 N–H and O–H groups in total. The number of hydrogen-bond acceptors (Lipinski definition) is 6. The molecule has 74 valence electrons. The van der Waals surface area contributed by atoms with E-state index in [4.69, 9.17) is 5.11 Å². The van der Waals surface area contributed by atoms with Crippen LogP contribution in [0.25, 0.3) is 0 Å². The molecule has 0 aromatic carbocycles. The lowest BCUT2D eigenvalue weighted by Crippen LogP contribution is -2.02. The molecule has 0 saturated heterocycles. The van der Waals surface area contributed by atoms with Crippen LogP contribution in [0.5, 0.6) is 0 Å². The van der Waals surface area contributed by atoms with Gasteiger partial charge in [0, 0.05) is 0 Å². The van der Waals surface area contributed by atoms with Crippen LogP contribution >= 0.6 is 0 Å². The first-order chi connectivity index (χ1) is 6.45. The molecule has 0 spiro atoms. The maximum Gasteiger partial charge on any atom is 0.422 e. The molecule has 0 atom stereocenters. The van der Waals surface area contributed by atoms with Crippen LogP contribution in [0.4, 0.5) is 11.5 Å². The van der Waals surface area contributed by atoms with E-state index >= 15 is 0 Å². The number of carbonyl (C=O) groups is 1. The zero-order valence-electron chi connectivity index (χ0n) is 6.33. The molecule has 0 aliphatic carbocycles. The molecular formula is C4H2N4O6. The van der Waals surface area contributed by atoms with Crippen molar-refractivity contribution in [3.63, 3.8) is 0 Å². The van der Waals surface area contributed by atoms with Gasteiger partial charge in [0.15, 0.2) is 0 Å². The summed E-state index contributed by atoms with van der Waals surface area (Å²) in [5, 5.41) is 33.5. The van der Waals surface area contributed by atoms with Crippen LogP contribution in [-0.4, -0.2) is 31.1 Å². The Kier molecular flexibility index (Phi) is 2.11. The summed E-state index contributed by atoms with van der Waals surface area (Å²) in [7, 11) is 0. The van der Waals surface area contributed by atoms with Gasteiger partial charge < -0.3 is 15.2 Å². The maximum atomic E-state index is 10.4. The van der Waals surface area contributed by atoms with Gasteiger partial charge in [-0.2, -0.15) is 0 Å². The molecule has 0 aliphatic rings. The smallest absolute Gasteiger partial charge is 0.422 e. The molecule has 0 unspecified atom stereocenters. The molecule has 0 amide bonds. The summed E-state index contributed by atoms with van der Waals surface area (Å²) in [6, 6.07) is 0. The minimum absolute atomic E-state index is 0.985. The number of hydrogen-bond donors (Lipinski definition) is 2. The fraction of sp³-hybridized carbons (Fsp3) is 0. The Morgan fingerprint density at radius 1 is 1.36 bits per heavy atom. The molecule has 1 heterocycles. The Labute approximate surface area is 74.5 Å². The highest BCUT2D eigenvalue weighted by Crippen LogP contribution is 2.27. The lowest BCUT2D eigenvalue weighted by molar-refractivity contribution is -0.424. The van der Waals surface area contributed by atoms with E-state index in [2.05, 4.69) is 5.10 Å². The predicted molar refractivity (Wildman–Crippen MR) is 38.9 cm³/mol. The molecule has 0 saturated carbocycles. The predicted octanol–water partition coefficient (Wildman–Crippen LogP) is -0.0757. The van der Waals surface area contributed by atoms with Gasteiger partial charge >= 0.3 is 17.5 Å². The average Bonchev–Trinajstić information content (AvgIpc) is 2.46. The van der Waals surface area contributed by atoms with Gasteiger partial charge in [0.05, 0.1) is 4.92 Å². The highest BCUT2D eigenvalue weighted by atomic mass is 16.6. The van der Waals surface area contributed by atoms with Crippen molar-refractivity contribution >= 4 is 17.5 Å². The summed E-state index contributed by atoms with van der Waals surface area (Å²) in [5.41, 5.74) is -2.13. The summed E-state index contributed by atoms with van der Waals surface area (Å²) >= 11 is 0. The molecular weight excluding hydrogens is 200 g/mol. The highest BCUT2D eigenvalue weighted by Gasteiger charge is 2.36. The Balaban J connectivity index is 3.42. The second-order valence-electron chi connectivity index (χ2n) is 2.09. The van der Waals surface area contributed by atoms with Crippen LogP contribution in [0.2, 0.25) is 0 Å². The van der Waals surface area contributed by atoms with Gasteiger partial charge in [0.1, 0.15) is 0 Å². The number of aromatic nitrogens is 2. The van der Waals surface area contributed by atoms with E-state index in [-0.39, 0.29) is 0 Å². The third kappa shape index (κ3) is 1.35. The number of H-pyrrole nitrogens is 1. The van der Waals surface area contributed by atoms with Crippen LogP contribution in [0.3, 0.4) is 0 Å². The Morgan fingerprint density at radius 2 is 1.93 bits per heavy atom. The van der Waals surface area contributed by atoms with Gasteiger partial charge in [-0.3, -0.25) is 10.1 Å². The van der Waals surface area contributed by atoms with Crippen LogP contribution < -0.4 is 0 Å². The molecule has 1 rings (SSSR count). The molecule has 14 heavy (non-hydrogen) atoms. The number of carboxylic acids is 1. The molecule has 1 aromatic rings. The minimum Gasteiger partial charge on any atom is -0.476 e. The third-order valence-corrected chi connectivity index (χ3v) is 1.29. The van der Waals surface area contributed by atoms with Crippen molar-refractivity contribution in [2.24, 2.45) is 0 Å². The zero-order chi connectivity index (χ0) is 10.9. The number of nitrogens with one attached hydrogen (secondary N) is 1. The van der Waals surface area contributed by atoms with Crippen LogP contribution in [-0.2, 0) is 0 Å². The monoisotopic (exact) mass is 202 g/mol. The first kappa shape index (κ1) is 9.57. The third-order valence-electron chi connectivity index (χ3n) is 1.29. The number of aromatic carboxylic acids is 1. The molecule has 1 aromatic heterocycles. The van der Waals surface area contributed by atoms with Crippen LogP contribution in [0.1, 0.15) is 10.5 Å². The number of nitrogens with zero attached hydrogens (tertiary/aromatic N) is 3. The Bertz CT molecular complexity index is 390. The van der Waals surface area contributed by atoms with Crippen molar-refractivity contribution in [1.82, 2.24) is 10.2 Å². The largest absolute Gasteiger partial charge is 0.476 e. The fourth-order valence-corrected chi connectivity index (χ4v) is 0.776. The Hall–Kier alpha value is -2.52. The van der Waals surface area contributed by atoms with Gasteiger partial charge in [0.25, 0.3) is 5.69 Å². The summed E-state index contributed by atoms with van der Waals surface area (Å²) < 4.78 is 0. The van der Waals surface area contributed by atoms with Crippen molar-refractivity contribution in [3.05, 3.63) is 25.9 Å². The zero-order valence-corrected chi connectivity index (χ0v) is 6.33. The number of aromatic amines is 1. The standard InChI is InChI=1S/C4H2N4O6/c9-4(10)1-2(7(11)12)3(6-5-1)8(13)14/h(H,5,6)(H,9,10). The number of carboxylic acid groups (broad SMARTS) is 1. The Morgan fingerprint density at radius 3 is 2.29 bits per heavy atom. The van der Waals surface area contributed by atoms with Crippen LogP contribution in [0, 0.1) is 20.2 Å². The van der Waals surface area contributed by atoms with E-state index in [9.17, 15) is 25.0 Å². The van der Waals surface area contributed by atoms with Gasteiger partial charge in [-0.15, -0.1) is 5.10 Å². The molecule has 10 nitrogen and oxygen atoms in total. The van der Waals surface area contributed by atoms with Crippen LogP contribution in [0.15, 0.2) is 0 Å². The maximum absolute atomic E-state index is 10.4. The van der Waals surface area contributed by atoms with E-state index in [1.54, 1.807) is 5.10 Å². The van der Waals surface area contributed by atoms with E-state index in [0.717, 1.165) is 0 Å².